The molecule has 4 rings (SSSR count). The van der Waals surface area contributed by atoms with Gasteiger partial charge in [-0.05, 0) is 25.0 Å². The molecule has 27 heavy (non-hydrogen) atoms. The molecule has 0 bridgehead atoms. The number of halogens is 1. The van der Waals surface area contributed by atoms with Crippen molar-refractivity contribution in [2.24, 2.45) is 13.0 Å². The minimum absolute atomic E-state index is 0.172. The van der Waals surface area contributed by atoms with E-state index in [2.05, 4.69) is 4.98 Å². The Bertz CT molecular complexity index is 1310. The number of rotatable bonds is 3. The molecule has 0 radical (unpaired) electrons. The number of fused-ring (bicyclic) bond motifs is 3. The van der Waals surface area contributed by atoms with E-state index in [1.165, 1.54) is 9.13 Å². The maximum Gasteiger partial charge on any atom is 0.332 e. The predicted octanol–water partition coefficient (Wildman–Crippen LogP) is 2.76. The SMILES string of the molecule is Cc1cn2c3c(=O)n(CC(C)C)c(=O)n(C)c3nc2n1-c1ccccc1Cl. The lowest BCUT2D eigenvalue weighted by Gasteiger charge is -2.10. The first kappa shape index (κ1) is 17.6. The summed E-state index contributed by atoms with van der Waals surface area (Å²) in [5, 5.41) is 0.580. The second kappa shape index (κ2) is 6.13. The molecule has 0 fully saturated rings. The monoisotopic (exact) mass is 385 g/mol. The molecule has 0 N–H and O–H groups in total. The summed E-state index contributed by atoms with van der Waals surface area (Å²) in [4.78, 5) is 30.4. The van der Waals surface area contributed by atoms with E-state index in [0.29, 0.717) is 28.5 Å². The Morgan fingerprint density at radius 3 is 2.56 bits per heavy atom. The predicted molar refractivity (Wildman–Crippen MR) is 106 cm³/mol. The Balaban J connectivity index is 2.15. The van der Waals surface area contributed by atoms with Crippen molar-refractivity contribution in [3.8, 4) is 5.69 Å². The first-order valence-corrected chi connectivity index (χ1v) is 9.14. The van der Waals surface area contributed by atoms with Gasteiger partial charge in [-0.3, -0.25) is 22.9 Å². The minimum atomic E-state index is -0.358. The average Bonchev–Trinajstić information content (AvgIpc) is 3.12. The van der Waals surface area contributed by atoms with Crippen LogP contribution < -0.4 is 11.2 Å². The van der Waals surface area contributed by atoms with Crippen molar-refractivity contribution in [3.63, 3.8) is 0 Å². The number of aromatic nitrogens is 5. The molecule has 0 saturated heterocycles. The Hall–Kier alpha value is -2.80. The van der Waals surface area contributed by atoms with Crippen LogP contribution in [0.2, 0.25) is 5.02 Å². The molecule has 0 saturated carbocycles. The van der Waals surface area contributed by atoms with E-state index in [-0.39, 0.29) is 17.2 Å². The van der Waals surface area contributed by atoms with Gasteiger partial charge in [0.15, 0.2) is 11.2 Å². The first-order chi connectivity index (χ1) is 12.8. The highest BCUT2D eigenvalue weighted by Crippen LogP contribution is 2.26. The Kier molecular flexibility index (Phi) is 3.99. The van der Waals surface area contributed by atoms with Gasteiger partial charge in [-0.15, -0.1) is 0 Å². The van der Waals surface area contributed by atoms with Crippen LogP contribution in [0.1, 0.15) is 19.5 Å². The van der Waals surface area contributed by atoms with Gasteiger partial charge in [0.05, 0.1) is 10.7 Å². The molecule has 4 aromatic rings. The van der Waals surface area contributed by atoms with Crippen molar-refractivity contribution in [3.05, 3.63) is 62.0 Å². The summed E-state index contributed by atoms with van der Waals surface area (Å²) < 4.78 is 6.34. The molecule has 3 aromatic heterocycles. The van der Waals surface area contributed by atoms with E-state index >= 15 is 0 Å². The average molecular weight is 386 g/mol. The Labute approximate surface area is 160 Å². The summed E-state index contributed by atoms with van der Waals surface area (Å²) in [6.07, 6.45) is 1.85. The molecule has 0 unspecified atom stereocenters. The number of imidazole rings is 2. The van der Waals surface area contributed by atoms with Crippen molar-refractivity contribution >= 4 is 28.5 Å². The van der Waals surface area contributed by atoms with Gasteiger partial charge in [0.2, 0.25) is 5.78 Å². The highest BCUT2D eigenvalue weighted by molar-refractivity contribution is 6.32. The van der Waals surface area contributed by atoms with E-state index in [0.717, 1.165) is 11.4 Å². The molecule has 3 heterocycles. The summed E-state index contributed by atoms with van der Waals surface area (Å²) in [7, 11) is 1.64. The topological polar surface area (TPSA) is 66.2 Å². The zero-order chi connectivity index (χ0) is 19.5. The summed E-state index contributed by atoms with van der Waals surface area (Å²) >= 11 is 6.38. The van der Waals surface area contributed by atoms with E-state index in [1.54, 1.807) is 17.5 Å². The normalized spacial score (nSPS) is 11.9. The smallest absolute Gasteiger partial charge is 0.281 e. The van der Waals surface area contributed by atoms with Gasteiger partial charge >= 0.3 is 5.69 Å². The molecule has 0 aliphatic heterocycles. The molecule has 140 valence electrons. The second-order valence-electron chi connectivity index (χ2n) is 7.16. The Morgan fingerprint density at radius 1 is 1.19 bits per heavy atom. The van der Waals surface area contributed by atoms with Gasteiger partial charge in [-0.1, -0.05) is 37.6 Å². The maximum atomic E-state index is 13.1. The highest BCUT2D eigenvalue weighted by Gasteiger charge is 2.21. The van der Waals surface area contributed by atoms with E-state index in [1.807, 2.05) is 49.7 Å². The van der Waals surface area contributed by atoms with Crippen LogP contribution in [0.5, 0.6) is 0 Å². The number of para-hydroxylation sites is 1. The van der Waals surface area contributed by atoms with Crippen molar-refractivity contribution < 1.29 is 0 Å². The standard InChI is InChI=1S/C19H20ClN5O2/c1-11(2)9-24-17(26)15-16(22(4)19(24)27)21-18-23(15)10-12(3)25(18)14-8-6-5-7-13(14)20/h5-8,10-11H,9H2,1-4H3. The summed E-state index contributed by atoms with van der Waals surface area (Å²) in [5.41, 5.74) is 1.72. The number of hydrogen-bond donors (Lipinski definition) is 0. The van der Waals surface area contributed by atoms with Crippen LogP contribution in [0.3, 0.4) is 0 Å². The number of hydrogen-bond acceptors (Lipinski definition) is 3. The quantitative estimate of drug-likeness (QED) is 0.544. The fraction of sp³-hybridized carbons (Fsp3) is 0.316. The molecular weight excluding hydrogens is 366 g/mol. The number of nitrogens with zero attached hydrogens (tertiary/aromatic N) is 5. The van der Waals surface area contributed by atoms with E-state index in [9.17, 15) is 9.59 Å². The van der Waals surface area contributed by atoms with Crippen molar-refractivity contribution in [1.29, 1.82) is 0 Å². The molecule has 7 nitrogen and oxygen atoms in total. The molecule has 0 amide bonds. The van der Waals surface area contributed by atoms with Crippen LogP contribution in [0.4, 0.5) is 0 Å². The summed E-state index contributed by atoms with van der Waals surface area (Å²) in [6.45, 7) is 6.23. The number of aryl methyl sites for hydroxylation is 2. The lowest BCUT2D eigenvalue weighted by atomic mass is 10.2. The van der Waals surface area contributed by atoms with Crippen molar-refractivity contribution in [2.75, 3.05) is 0 Å². The van der Waals surface area contributed by atoms with E-state index in [4.69, 9.17) is 11.6 Å². The van der Waals surface area contributed by atoms with Crippen LogP contribution in [0, 0.1) is 12.8 Å². The molecular formula is C19H20ClN5O2. The molecule has 0 aliphatic rings. The molecule has 0 atom stereocenters. The Morgan fingerprint density at radius 2 is 1.89 bits per heavy atom. The summed E-state index contributed by atoms with van der Waals surface area (Å²) in [5.74, 6) is 0.718. The lowest BCUT2D eigenvalue weighted by molar-refractivity contribution is 0.484. The van der Waals surface area contributed by atoms with Crippen molar-refractivity contribution in [2.45, 2.75) is 27.3 Å². The van der Waals surface area contributed by atoms with E-state index < -0.39 is 0 Å². The third kappa shape index (κ3) is 2.53. The third-order valence-corrected chi connectivity index (χ3v) is 4.99. The zero-order valence-corrected chi connectivity index (χ0v) is 16.4. The van der Waals surface area contributed by atoms with Crippen LogP contribution in [-0.2, 0) is 13.6 Å². The molecule has 8 heteroatoms. The van der Waals surface area contributed by atoms with Gasteiger partial charge in [-0.2, -0.15) is 4.98 Å². The highest BCUT2D eigenvalue weighted by atomic mass is 35.5. The fourth-order valence-corrected chi connectivity index (χ4v) is 3.69. The number of benzene rings is 1. The van der Waals surface area contributed by atoms with Crippen LogP contribution in [0.15, 0.2) is 40.1 Å². The van der Waals surface area contributed by atoms with Crippen LogP contribution >= 0.6 is 11.6 Å². The largest absolute Gasteiger partial charge is 0.332 e. The molecule has 0 aliphatic carbocycles. The molecule has 1 aromatic carbocycles. The van der Waals surface area contributed by atoms with Gasteiger partial charge in [-0.25, -0.2) is 4.79 Å². The lowest BCUT2D eigenvalue weighted by Crippen LogP contribution is -2.40. The minimum Gasteiger partial charge on any atom is -0.281 e. The van der Waals surface area contributed by atoms with Gasteiger partial charge in [0, 0.05) is 25.5 Å². The fourth-order valence-electron chi connectivity index (χ4n) is 3.47. The van der Waals surface area contributed by atoms with Crippen molar-refractivity contribution in [1.82, 2.24) is 23.1 Å². The third-order valence-electron chi connectivity index (χ3n) is 4.67. The van der Waals surface area contributed by atoms with Gasteiger partial charge in [0.25, 0.3) is 5.56 Å². The van der Waals surface area contributed by atoms with Crippen LogP contribution in [-0.4, -0.2) is 23.1 Å². The zero-order valence-electron chi connectivity index (χ0n) is 15.6. The molecule has 0 spiro atoms. The van der Waals surface area contributed by atoms with Gasteiger partial charge in [0.1, 0.15) is 0 Å². The second-order valence-corrected chi connectivity index (χ2v) is 7.57. The first-order valence-electron chi connectivity index (χ1n) is 8.76. The van der Waals surface area contributed by atoms with Crippen LogP contribution in [0.25, 0.3) is 22.6 Å². The maximum absolute atomic E-state index is 13.1. The van der Waals surface area contributed by atoms with Gasteiger partial charge < -0.3 is 0 Å². The summed E-state index contributed by atoms with van der Waals surface area (Å²) in [6, 6.07) is 7.45.